The second kappa shape index (κ2) is 8.32. The molecule has 0 aliphatic carbocycles. The van der Waals surface area contributed by atoms with E-state index in [1.54, 1.807) is 22.6 Å². The van der Waals surface area contributed by atoms with Crippen LogP contribution in [0.3, 0.4) is 0 Å². The Bertz CT molecular complexity index is 881. The predicted octanol–water partition coefficient (Wildman–Crippen LogP) is 0.634. The maximum absolute atomic E-state index is 12.3. The number of pyridine rings is 1. The molecule has 0 N–H and O–H groups in total. The molecule has 26 heavy (non-hydrogen) atoms. The summed E-state index contributed by atoms with van der Waals surface area (Å²) >= 11 is 0. The van der Waals surface area contributed by atoms with Gasteiger partial charge in [-0.3, -0.25) is 9.30 Å². The van der Waals surface area contributed by atoms with Gasteiger partial charge in [-0.25, -0.2) is 17.9 Å². The molecule has 1 aliphatic rings. The molecule has 0 spiro atoms. The number of unbranched alkanes of at least 4 members (excludes halogenated alkanes) is 2. The van der Waals surface area contributed by atoms with E-state index in [4.69, 9.17) is 0 Å². The standard InChI is InChI=1S/C17H27N5O3S/c1-2-3-6-15-26(24,25)20-12-9-19(10-13-20)11-14-22-17(23)21-8-5-4-7-16(21)18-22/h4-5,7-8H,2-3,6,9-15H2,1H3. The first-order valence-electron chi connectivity index (χ1n) is 9.25. The van der Waals surface area contributed by atoms with Crippen LogP contribution in [-0.2, 0) is 16.6 Å². The smallest absolute Gasteiger partial charge is 0.299 e. The molecule has 0 saturated carbocycles. The van der Waals surface area contributed by atoms with E-state index in [0.717, 1.165) is 19.3 Å². The molecule has 8 nitrogen and oxygen atoms in total. The summed E-state index contributed by atoms with van der Waals surface area (Å²) in [4.78, 5) is 14.5. The minimum Gasteiger partial charge on any atom is -0.299 e. The van der Waals surface area contributed by atoms with E-state index in [2.05, 4.69) is 16.9 Å². The molecule has 0 aromatic carbocycles. The Morgan fingerprint density at radius 3 is 2.54 bits per heavy atom. The van der Waals surface area contributed by atoms with Crippen LogP contribution in [0.25, 0.3) is 5.65 Å². The molecule has 0 atom stereocenters. The number of nitrogens with zero attached hydrogens (tertiary/aromatic N) is 5. The lowest BCUT2D eigenvalue weighted by atomic mass is 10.3. The molecule has 144 valence electrons. The zero-order valence-electron chi connectivity index (χ0n) is 15.2. The molecule has 2 aromatic heterocycles. The number of piperazine rings is 1. The van der Waals surface area contributed by atoms with Crippen molar-refractivity contribution >= 4 is 15.7 Å². The predicted molar refractivity (Wildman–Crippen MR) is 101 cm³/mol. The summed E-state index contributed by atoms with van der Waals surface area (Å²) in [5.74, 6) is 0.248. The second-order valence-corrected chi connectivity index (χ2v) is 8.79. The van der Waals surface area contributed by atoms with Crippen LogP contribution in [0.2, 0.25) is 0 Å². The Labute approximate surface area is 154 Å². The van der Waals surface area contributed by atoms with Gasteiger partial charge in [-0.1, -0.05) is 25.8 Å². The van der Waals surface area contributed by atoms with Crippen LogP contribution < -0.4 is 5.69 Å². The monoisotopic (exact) mass is 381 g/mol. The van der Waals surface area contributed by atoms with Crippen LogP contribution in [0.15, 0.2) is 29.2 Å². The molecule has 0 radical (unpaired) electrons. The van der Waals surface area contributed by atoms with Crippen LogP contribution in [0.4, 0.5) is 0 Å². The van der Waals surface area contributed by atoms with E-state index in [1.165, 1.54) is 9.08 Å². The molecule has 0 unspecified atom stereocenters. The fourth-order valence-corrected chi connectivity index (χ4v) is 4.79. The van der Waals surface area contributed by atoms with E-state index >= 15 is 0 Å². The Kier molecular flexibility index (Phi) is 6.10. The van der Waals surface area contributed by atoms with Crippen LogP contribution in [0.5, 0.6) is 0 Å². The van der Waals surface area contributed by atoms with E-state index in [1.807, 2.05) is 6.07 Å². The maximum atomic E-state index is 12.3. The minimum absolute atomic E-state index is 0.141. The summed E-state index contributed by atoms with van der Waals surface area (Å²) in [5, 5.41) is 4.33. The highest BCUT2D eigenvalue weighted by Gasteiger charge is 2.26. The molecule has 0 bridgehead atoms. The van der Waals surface area contributed by atoms with E-state index in [9.17, 15) is 13.2 Å². The fourth-order valence-electron chi connectivity index (χ4n) is 3.24. The van der Waals surface area contributed by atoms with Crippen molar-refractivity contribution in [1.82, 2.24) is 23.4 Å². The first-order chi connectivity index (χ1) is 12.5. The third-order valence-corrected chi connectivity index (χ3v) is 6.80. The van der Waals surface area contributed by atoms with Gasteiger partial charge in [-0.15, -0.1) is 5.10 Å². The summed E-state index contributed by atoms with van der Waals surface area (Å²) in [5.41, 5.74) is 0.498. The number of fused-ring (bicyclic) bond motifs is 1. The van der Waals surface area contributed by atoms with Crippen molar-refractivity contribution in [3.05, 3.63) is 34.9 Å². The fraction of sp³-hybridized carbons (Fsp3) is 0.647. The largest absolute Gasteiger partial charge is 0.350 e. The van der Waals surface area contributed by atoms with Crippen molar-refractivity contribution in [3.8, 4) is 0 Å². The molecule has 3 heterocycles. The normalized spacial score (nSPS) is 17.1. The Hall–Kier alpha value is -1.71. The second-order valence-electron chi connectivity index (χ2n) is 6.70. The lowest BCUT2D eigenvalue weighted by molar-refractivity contribution is 0.180. The van der Waals surface area contributed by atoms with E-state index < -0.39 is 10.0 Å². The van der Waals surface area contributed by atoms with Gasteiger partial charge in [-0.05, 0) is 18.6 Å². The van der Waals surface area contributed by atoms with Crippen LogP contribution in [0, 0.1) is 0 Å². The summed E-state index contributed by atoms with van der Waals surface area (Å²) in [6, 6.07) is 5.47. The van der Waals surface area contributed by atoms with Gasteiger partial charge < -0.3 is 0 Å². The number of hydrogen-bond donors (Lipinski definition) is 0. The number of hydrogen-bond acceptors (Lipinski definition) is 5. The average molecular weight is 382 g/mol. The van der Waals surface area contributed by atoms with Crippen molar-refractivity contribution in [2.45, 2.75) is 32.7 Å². The highest BCUT2D eigenvalue weighted by molar-refractivity contribution is 7.89. The average Bonchev–Trinajstić information content (AvgIpc) is 2.97. The van der Waals surface area contributed by atoms with Gasteiger partial charge in [-0.2, -0.15) is 4.31 Å². The quantitative estimate of drug-likeness (QED) is 0.627. The van der Waals surface area contributed by atoms with E-state index in [-0.39, 0.29) is 11.4 Å². The van der Waals surface area contributed by atoms with E-state index in [0.29, 0.717) is 44.9 Å². The molecule has 9 heteroatoms. The molecule has 3 rings (SSSR count). The van der Waals surface area contributed by atoms with Crippen molar-refractivity contribution < 1.29 is 8.42 Å². The molecular formula is C17H27N5O3S. The van der Waals surface area contributed by atoms with Gasteiger partial charge in [0.2, 0.25) is 10.0 Å². The zero-order valence-corrected chi connectivity index (χ0v) is 16.1. The van der Waals surface area contributed by atoms with Crippen molar-refractivity contribution in [2.24, 2.45) is 0 Å². The van der Waals surface area contributed by atoms with Gasteiger partial charge >= 0.3 is 5.69 Å². The number of rotatable bonds is 8. The van der Waals surface area contributed by atoms with Gasteiger partial charge in [0.1, 0.15) is 0 Å². The first-order valence-corrected chi connectivity index (χ1v) is 10.9. The lowest BCUT2D eigenvalue weighted by Gasteiger charge is -2.33. The number of aromatic nitrogens is 3. The number of sulfonamides is 1. The Morgan fingerprint density at radius 2 is 1.85 bits per heavy atom. The summed E-state index contributed by atoms with van der Waals surface area (Å²) < 4.78 is 29.3. The van der Waals surface area contributed by atoms with Gasteiger partial charge in [0, 0.05) is 38.9 Å². The molecular weight excluding hydrogens is 354 g/mol. The first kappa shape index (κ1) is 19.1. The van der Waals surface area contributed by atoms with Crippen LogP contribution >= 0.6 is 0 Å². The van der Waals surface area contributed by atoms with Gasteiger partial charge in [0.05, 0.1) is 12.3 Å². The molecule has 1 saturated heterocycles. The van der Waals surface area contributed by atoms with Crippen LogP contribution in [-0.4, -0.2) is 70.3 Å². The summed E-state index contributed by atoms with van der Waals surface area (Å²) in [6.07, 6.45) is 4.41. The maximum Gasteiger partial charge on any atom is 0.350 e. The molecule has 0 amide bonds. The van der Waals surface area contributed by atoms with Crippen molar-refractivity contribution in [3.63, 3.8) is 0 Å². The van der Waals surface area contributed by atoms with Crippen molar-refractivity contribution in [2.75, 3.05) is 38.5 Å². The molecule has 1 fully saturated rings. The van der Waals surface area contributed by atoms with Crippen LogP contribution in [0.1, 0.15) is 26.2 Å². The Balaban J connectivity index is 1.51. The topological polar surface area (TPSA) is 79.9 Å². The zero-order chi connectivity index (χ0) is 18.6. The van der Waals surface area contributed by atoms with Crippen molar-refractivity contribution in [1.29, 1.82) is 0 Å². The SMILES string of the molecule is CCCCCS(=O)(=O)N1CCN(CCn2nc3ccccn3c2=O)CC1. The van der Waals surface area contributed by atoms with Gasteiger partial charge in [0.25, 0.3) is 0 Å². The molecule has 2 aromatic rings. The highest BCUT2D eigenvalue weighted by Crippen LogP contribution is 2.10. The summed E-state index contributed by atoms with van der Waals surface area (Å²) in [6.45, 7) is 5.68. The third kappa shape index (κ3) is 4.33. The highest BCUT2D eigenvalue weighted by atomic mass is 32.2. The molecule has 1 aliphatic heterocycles. The third-order valence-electron chi connectivity index (χ3n) is 4.85. The summed E-state index contributed by atoms with van der Waals surface area (Å²) in [7, 11) is -3.13. The lowest BCUT2D eigenvalue weighted by Crippen LogP contribution is -2.50. The minimum atomic E-state index is -3.13. The van der Waals surface area contributed by atoms with Gasteiger partial charge in [0.15, 0.2) is 5.65 Å². The Morgan fingerprint density at radius 1 is 1.08 bits per heavy atom.